The largest absolute Gasteiger partial charge is 0.480 e. The maximum atomic E-state index is 11.7. The summed E-state index contributed by atoms with van der Waals surface area (Å²) in [6.07, 6.45) is -3.21. The number of nitrogen functional groups attached to an aromatic ring is 1. The van der Waals surface area contributed by atoms with Crippen molar-refractivity contribution in [1.82, 2.24) is 19.5 Å². The van der Waals surface area contributed by atoms with E-state index in [1.807, 2.05) is 0 Å². The highest BCUT2D eigenvalue weighted by molar-refractivity contribution is 7.80. The number of hydrogen-bond donors (Lipinski definition) is 17. The zero-order chi connectivity index (χ0) is 33.8. The molecule has 0 saturated carbocycles. The minimum atomic E-state index is -4.64. The fourth-order valence-electron chi connectivity index (χ4n) is 2.32. The number of fused-ring (bicyclic) bond motifs is 1. The van der Waals surface area contributed by atoms with E-state index in [2.05, 4.69) is 27.6 Å². The van der Waals surface area contributed by atoms with Gasteiger partial charge >= 0.3 is 29.4 Å². The number of aromatic nitrogens is 4. The monoisotopic (exact) mass is 698 g/mol. The van der Waals surface area contributed by atoms with E-state index in [1.165, 1.54) is 10.9 Å². The summed E-state index contributed by atoms with van der Waals surface area (Å²) >= 11 is 3.65. The number of imidazole rings is 1. The molecule has 3 rings (SSSR count). The number of nitrogens with zero attached hydrogens (tertiary/aromatic N) is 3. The van der Waals surface area contributed by atoms with Crippen LogP contribution in [0.3, 0.4) is 0 Å². The number of nitrogens with one attached hydrogen (secondary N) is 1. The number of aliphatic carboxylic acids is 1. The standard InChI is InChI=1S/C10H13N5O5.C3H7NO2S.3H3O4P/c11-10-13-7-4(8(19)14-10)12-2-15(7)9-6(18)5(17)3(1-16)20-9;4-2(1-7)3(5)6;3*1-5(2,3)4/h2-3,5-6,9,16-18H,1H2,(H3,11,13,14,19);2,7H,1,4H2,(H,5,6);3*(H3,1,2,3,4)/t3-,5-,6-,9-;;;;/m1..../s1. The van der Waals surface area contributed by atoms with Gasteiger partial charge in [0.15, 0.2) is 17.4 Å². The van der Waals surface area contributed by atoms with Gasteiger partial charge in [-0.15, -0.1) is 0 Å². The van der Waals surface area contributed by atoms with E-state index in [0.717, 1.165) is 0 Å². The summed E-state index contributed by atoms with van der Waals surface area (Å²) in [6.45, 7) is -0.447. The zero-order valence-corrected chi connectivity index (χ0v) is 24.0. The van der Waals surface area contributed by atoms with Crippen LogP contribution in [0.15, 0.2) is 11.1 Å². The number of ether oxygens (including phenoxy) is 1. The minimum Gasteiger partial charge on any atom is -0.480 e. The number of carboxylic acids is 1. The molecule has 0 radical (unpaired) electrons. The molecule has 0 bridgehead atoms. The predicted molar refractivity (Wildman–Crippen MR) is 138 cm³/mol. The van der Waals surface area contributed by atoms with Crippen LogP contribution in [0.1, 0.15) is 6.23 Å². The van der Waals surface area contributed by atoms with Crippen LogP contribution in [0.25, 0.3) is 11.2 Å². The second kappa shape index (κ2) is 18.0. The Morgan fingerprint density at radius 1 is 1.02 bits per heavy atom. The van der Waals surface area contributed by atoms with Crippen LogP contribution in [0, 0.1) is 0 Å². The van der Waals surface area contributed by atoms with Gasteiger partial charge in [-0.25, -0.2) is 18.7 Å². The third-order valence-corrected chi connectivity index (χ3v) is 4.15. The number of rotatable bonds is 4. The molecule has 1 saturated heterocycles. The van der Waals surface area contributed by atoms with Crippen LogP contribution in [0.5, 0.6) is 0 Å². The van der Waals surface area contributed by atoms with Crippen LogP contribution in [0.2, 0.25) is 0 Å². The third-order valence-electron chi connectivity index (χ3n) is 3.76. The van der Waals surface area contributed by atoms with Crippen molar-refractivity contribution in [2.24, 2.45) is 5.73 Å². The molecule has 1 aliphatic rings. The van der Waals surface area contributed by atoms with Gasteiger partial charge in [-0.05, 0) is 0 Å². The predicted octanol–water partition coefficient (Wildman–Crippen LogP) is -6.14. The first-order valence-corrected chi connectivity index (χ1v) is 15.3. The minimum absolute atomic E-state index is 0.0388. The number of nitrogens with two attached hydrogens (primary N) is 2. The van der Waals surface area contributed by atoms with E-state index in [0.29, 0.717) is 0 Å². The highest BCUT2D eigenvalue weighted by Gasteiger charge is 2.44. The Morgan fingerprint density at radius 2 is 1.45 bits per heavy atom. The van der Waals surface area contributed by atoms with E-state index >= 15 is 0 Å². The summed E-state index contributed by atoms with van der Waals surface area (Å²) in [5.74, 6) is -0.916. The second-order valence-corrected chi connectivity index (χ2v) is 10.6. The summed E-state index contributed by atoms with van der Waals surface area (Å²) in [5, 5.41) is 36.7. The fourth-order valence-corrected chi connectivity index (χ4v) is 2.47. The van der Waals surface area contributed by atoms with Gasteiger partial charge in [0.05, 0.1) is 12.9 Å². The maximum absolute atomic E-state index is 11.7. The fraction of sp³-hybridized carbons (Fsp3) is 0.538. The van der Waals surface area contributed by atoms with Gasteiger partial charge in [0, 0.05) is 5.75 Å². The Balaban J connectivity index is 0. The zero-order valence-electron chi connectivity index (χ0n) is 20.4. The van der Waals surface area contributed by atoms with Crippen molar-refractivity contribution < 1.29 is 87.7 Å². The summed E-state index contributed by atoms with van der Waals surface area (Å²) in [4.78, 5) is 96.2. The third kappa shape index (κ3) is 20.1. The summed E-state index contributed by atoms with van der Waals surface area (Å²) < 4.78 is 33.3. The number of H-pyrrole nitrogens is 1. The van der Waals surface area contributed by atoms with E-state index < -0.39 is 72.2 Å². The molecule has 18 N–H and O–H groups in total. The Hall–Kier alpha value is -1.90. The number of aromatic amines is 1. The molecule has 0 amide bonds. The first-order valence-electron chi connectivity index (χ1n) is 10.00. The van der Waals surface area contributed by atoms with Crippen LogP contribution in [-0.4, -0.2) is 127 Å². The number of carboxylic acid groups (broad SMARTS) is 1. The van der Waals surface area contributed by atoms with Crippen molar-refractivity contribution >= 4 is 59.2 Å². The molecule has 1 aliphatic heterocycles. The van der Waals surface area contributed by atoms with Crippen LogP contribution >= 0.6 is 36.1 Å². The van der Waals surface area contributed by atoms with Gasteiger partial charge in [-0.2, -0.15) is 17.6 Å². The first kappa shape index (κ1) is 42.2. The normalized spacial score (nSPS) is 20.8. The molecule has 5 atom stereocenters. The Morgan fingerprint density at radius 3 is 1.76 bits per heavy atom. The second-order valence-electron chi connectivity index (χ2n) is 7.17. The van der Waals surface area contributed by atoms with Crippen molar-refractivity contribution in [3.8, 4) is 0 Å². The highest BCUT2D eigenvalue weighted by Crippen LogP contribution is 2.31. The van der Waals surface area contributed by atoms with Crippen molar-refractivity contribution in [2.45, 2.75) is 30.6 Å². The number of hydrogen-bond acceptors (Lipinski definition) is 14. The smallest absolute Gasteiger partial charge is 0.466 e. The lowest BCUT2D eigenvalue weighted by molar-refractivity contribution is -0.137. The quantitative estimate of drug-likeness (QED) is 0.104. The van der Waals surface area contributed by atoms with E-state index in [-0.39, 0.29) is 22.9 Å². The number of aliphatic hydroxyl groups is 3. The van der Waals surface area contributed by atoms with Gasteiger partial charge < -0.3 is 80.7 Å². The van der Waals surface area contributed by atoms with Gasteiger partial charge in [-0.3, -0.25) is 19.1 Å². The molecule has 29 heteroatoms. The topological polar surface area (TPSA) is 456 Å². The van der Waals surface area contributed by atoms with E-state index in [9.17, 15) is 19.8 Å². The molecule has 246 valence electrons. The highest BCUT2D eigenvalue weighted by atomic mass is 32.1. The van der Waals surface area contributed by atoms with Gasteiger partial charge in [0.2, 0.25) is 5.95 Å². The summed E-state index contributed by atoms with van der Waals surface area (Å²) in [5.41, 5.74) is 10.1. The Bertz CT molecular complexity index is 1250. The molecular formula is C13H29N6O19P3S. The Labute approximate surface area is 237 Å². The van der Waals surface area contributed by atoms with E-state index in [4.69, 9.17) is 84.2 Å². The lowest BCUT2D eigenvalue weighted by atomic mass is 10.1. The molecule has 1 unspecified atom stereocenters. The van der Waals surface area contributed by atoms with Crippen molar-refractivity contribution in [1.29, 1.82) is 0 Å². The number of anilines is 1. The summed E-state index contributed by atoms with van der Waals surface area (Å²) in [7, 11) is -13.9. The molecule has 2 aromatic rings. The van der Waals surface area contributed by atoms with Crippen molar-refractivity contribution in [3.63, 3.8) is 0 Å². The molecule has 25 nitrogen and oxygen atoms in total. The van der Waals surface area contributed by atoms with Crippen LogP contribution < -0.4 is 17.0 Å². The number of carbonyl (C=O) groups is 1. The van der Waals surface area contributed by atoms with E-state index in [1.54, 1.807) is 0 Å². The molecule has 0 aromatic carbocycles. The van der Waals surface area contributed by atoms with Crippen LogP contribution in [-0.2, 0) is 23.2 Å². The average molecular weight is 698 g/mol. The number of aliphatic hydroxyl groups excluding tert-OH is 3. The molecule has 0 spiro atoms. The van der Waals surface area contributed by atoms with Gasteiger partial charge in [0.25, 0.3) is 5.56 Å². The molecule has 42 heavy (non-hydrogen) atoms. The number of thiol groups is 1. The molecule has 1 fully saturated rings. The van der Waals surface area contributed by atoms with Crippen LogP contribution in [0.4, 0.5) is 5.95 Å². The van der Waals surface area contributed by atoms with Crippen molar-refractivity contribution in [2.75, 3.05) is 18.1 Å². The lowest BCUT2D eigenvalue weighted by Crippen LogP contribution is -2.33. The first-order chi connectivity index (χ1) is 18.7. The maximum Gasteiger partial charge on any atom is 0.466 e. The molecule has 3 heterocycles. The summed E-state index contributed by atoms with van der Waals surface area (Å²) in [6, 6.07) is -0.816. The molecular weight excluding hydrogens is 669 g/mol. The lowest BCUT2D eigenvalue weighted by Gasteiger charge is -2.16. The van der Waals surface area contributed by atoms with Gasteiger partial charge in [-0.1, -0.05) is 0 Å². The number of phosphoric acid groups is 3. The average Bonchev–Trinajstić information content (AvgIpc) is 3.31. The van der Waals surface area contributed by atoms with Gasteiger partial charge in [0.1, 0.15) is 24.4 Å². The Kier molecular flexibility index (Phi) is 18.1. The molecule has 0 aliphatic carbocycles. The SMILES string of the molecule is NC(CS)C(=O)O.Nc1nc2c(ncn2[C@@H]2O[C@H](CO)[C@@H](O)[C@H]2O)c(=O)[nH]1.O=P(O)(O)O.O=P(O)(O)O.O=P(O)(O)O. The van der Waals surface area contributed by atoms with Crippen molar-refractivity contribution in [3.05, 3.63) is 16.7 Å². The molecule has 2 aromatic heterocycles.